The van der Waals surface area contributed by atoms with E-state index in [9.17, 15) is 0 Å². The van der Waals surface area contributed by atoms with E-state index in [-0.39, 0.29) is 21.9 Å². The van der Waals surface area contributed by atoms with Crippen molar-refractivity contribution in [1.29, 1.82) is 0 Å². The molecule has 4 atom stereocenters. The second-order valence-electron chi connectivity index (χ2n) is 13.5. The fourth-order valence-electron chi connectivity index (χ4n) is 6.98. The summed E-state index contributed by atoms with van der Waals surface area (Å²) in [6, 6.07) is 22.5. The molecule has 0 bridgehead atoms. The molecule has 0 aliphatic carbocycles. The molecule has 0 amide bonds. The number of rotatable bonds is 4. The van der Waals surface area contributed by atoms with Crippen LogP contribution in [0.15, 0.2) is 60.7 Å². The Bertz CT molecular complexity index is 791. The average molecular weight is 434 g/mol. The summed E-state index contributed by atoms with van der Waals surface area (Å²) in [5.74, 6) is 2.05. The first-order valence-electron chi connectivity index (χ1n) is 12.5. The minimum absolute atomic E-state index is 0.0485. The number of hydrogen-bond acceptors (Lipinski definition) is 1. The molecule has 1 heterocycles. The molecule has 4 unspecified atom stereocenters. The van der Waals surface area contributed by atoms with Crippen molar-refractivity contribution in [3.8, 4) is 0 Å². The van der Waals surface area contributed by atoms with Gasteiger partial charge in [0, 0.05) is 11.1 Å². The van der Waals surface area contributed by atoms with Crippen LogP contribution in [0.1, 0.15) is 98.6 Å². The first kappa shape index (κ1) is 25.0. The zero-order chi connectivity index (χ0) is 23.9. The second-order valence-corrected chi connectivity index (χ2v) is 13.5. The van der Waals surface area contributed by atoms with Crippen molar-refractivity contribution in [2.75, 3.05) is 0 Å². The highest BCUT2D eigenvalue weighted by atomic mass is 15.1. The first-order valence-corrected chi connectivity index (χ1v) is 12.5. The van der Waals surface area contributed by atoms with Gasteiger partial charge in [-0.15, -0.1) is 0 Å². The van der Waals surface area contributed by atoms with Gasteiger partial charge in [-0.2, -0.15) is 0 Å². The molecule has 0 spiro atoms. The summed E-state index contributed by atoms with van der Waals surface area (Å²) < 4.78 is 0. The molecular formula is C31H47N. The molecule has 2 aromatic rings. The van der Waals surface area contributed by atoms with Gasteiger partial charge in [-0.05, 0) is 79.7 Å². The van der Waals surface area contributed by atoms with Crippen LogP contribution in [0.3, 0.4) is 0 Å². The molecule has 0 radical (unpaired) electrons. The van der Waals surface area contributed by atoms with Crippen LogP contribution >= 0.6 is 0 Å². The Morgan fingerprint density at radius 1 is 0.625 bits per heavy atom. The minimum Gasteiger partial charge on any atom is -0.306 e. The molecule has 2 aromatic carbocycles. The highest BCUT2D eigenvalue weighted by Gasteiger charge is 2.54. The largest absolute Gasteiger partial charge is 0.306 e. The Kier molecular flexibility index (Phi) is 6.76. The average Bonchev–Trinajstić information content (AvgIpc) is 2.64. The quantitative estimate of drug-likeness (QED) is 0.510. The molecule has 1 aliphatic heterocycles. The molecule has 1 fully saturated rings. The lowest BCUT2D eigenvalue weighted by atomic mass is 9.53. The summed E-state index contributed by atoms with van der Waals surface area (Å²) in [5, 5.41) is 4.18. The molecule has 0 saturated carbocycles. The zero-order valence-electron chi connectivity index (χ0n) is 22.3. The zero-order valence-corrected chi connectivity index (χ0v) is 22.3. The highest BCUT2D eigenvalue weighted by Crippen LogP contribution is 2.56. The third-order valence-corrected chi connectivity index (χ3v) is 7.99. The van der Waals surface area contributed by atoms with E-state index in [4.69, 9.17) is 0 Å². The maximum atomic E-state index is 4.18. The maximum absolute atomic E-state index is 4.18. The molecule has 3 rings (SSSR count). The molecule has 176 valence electrons. The Hall–Kier alpha value is -1.60. The van der Waals surface area contributed by atoms with Crippen molar-refractivity contribution in [3.63, 3.8) is 0 Å². The lowest BCUT2D eigenvalue weighted by molar-refractivity contribution is -0.00992. The topological polar surface area (TPSA) is 12.0 Å². The summed E-state index contributed by atoms with van der Waals surface area (Å²) in [5.41, 5.74) is 3.41. The summed E-state index contributed by atoms with van der Waals surface area (Å²) in [4.78, 5) is 0. The Morgan fingerprint density at radius 2 is 0.938 bits per heavy atom. The summed E-state index contributed by atoms with van der Waals surface area (Å²) in [7, 11) is 0. The van der Waals surface area contributed by atoms with Gasteiger partial charge in [0.2, 0.25) is 0 Å². The Labute approximate surface area is 198 Å². The maximum Gasteiger partial charge on any atom is 0.0164 e. The van der Waals surface area contributed by atoms with Crippen molar-refractivity contribution in [2.45, 2.75) is 98.6 Å². The molecular weight excluding hydrogens is 386 g/mol. The van der Waals surface area contributed by atoms with Gasteiger partial charge >= 0.3 is 0 Å². The number of nitrogens with one attached hydrogen (secondary N) is 1. The molecule has 1 nitrogen and oxygen atoms in total. The van der Waals surface area contributed by atoms with Gasteiger partial charge in [0.1, 0.15) is 0 Å². The smallest absolute Gasteiger partial charge is 0.0164 e. The fourth-order valence-corrected chi connectivity index (χ4v) is 6.98. The van der Waals surface area contributed by atoms with Crippen molar-refractivity contribution in [1.82, 2.24) is 5.32 Å². The van der Waals surface area contributed by atoms with Crippen LogP contribution in [0, 0.1) is 22.7 Å². The molecule has 1 N–H and O–H groups in total. The van der Waals surface area contributed by atoms with Gasteiger partial charge in [-0.1, -0.05) is 102 Å². The molecule has 0 aromatic heterocycles. The summed E-state index contributed by atoms with van der Waals surface area (Å²) >= 11 is 0. The summed E-state index contributed by atoms with van der Waals surface area (Å²) in [6.45, 7) is 24.3. The standard InChI is InChI=1S/C31H47N/c1-28(2,3)26(22-17-13-11-14-18-22)24-21-25(31(9,10)32-30(24,7)8)27(29(4,5)6)23-19-15-12-16-20-23/h11-20,24-27,32H,21H2,1-10H3. The van der Waals surface area contributed by atoms with E-state index >= 15 is 0 Å². The van der Waals surface area contributed by atoms with E-state index in [0.717, 1.165) is 0 Å². The van der Waals surface area contributed by atoms with Crippen molar-refractivity contribution in [3.05, 3.63) is 71.8 Å². The van der Waals surface area contributed by atoms with Crippen molar-refractivity contribution >= 4 is 0 Å². The van der Waals surface area contributed by atoms with Crippen LogP contribution in [0.4, 0.5) is 0 Å². The van der Waals surface area contributed by atoms with Crippen LogP contribution in [0.5, 0.6) is 0 Å². The monoisotopic (exact) mass is 433 g/mol. The van der Waals surface area contributed by atoms with E-state index in [1.165, 1.54) is 17.5 Å². The van der Waals surface area contributed by atoms with E-state index in [1.807, 2.05) is 0 Å². The minimum atomic E-state index is 0.0485. The SMILES string of the molecule is CC(C)(C)C(c1ccccc1)C1CC(C(c2ccccc2)C(C)(C)C)C(C)(C)NC1(C)C. The van der Waals surface area contributed by atoms with Crippen LogP contribution in [-0.2, 0) is 0 Å². The van der Waals surface area contributed by atoms with Crippen LogP contribution in [0.2, 0.25) is 0 Å². The van der Waals surface area contributed by atoms with Gasteiger partial charge in [-0.25, -0.2) is 0 Å². The van der Waals surface area contributed by atoms with Gasteiger partial charge in [0.05, 0.1) is 0 Å². The van der Waals surface area contributed by atoms with Crippen LogP contribution < -0.4 is 5.32 Å². The van der Waals surface area contributed by atoms with E-state index < -0.39 is 0 Å². The third kappa shape index (κ3) is 5.14. The van der Waals surface area contributed by atoms with Gasteiger partial charge in [-0.3, -0.25) is 0 Å². The number of piperidine rings is 1. The molecule has 1 heteroatoms. The van der Waals surface area contributed by atoms with Crippen LogP contribution in [0.25, 0.3) is 0 Å². The number of hydrogen-bond donors (Lipinski definition) is 1. The van der Waals surface area contributed by atoms with E-state index in [1.54, 1.807) is 0 Å². The third-order valence-electron chi connectivity index (χ3n) is 7.99. The Balaban J connectivity index is 2.13. The normalized spacial score (nSPS) is 25.2. The van der Waals surface area contributed by atoms with Gasteiger partial charge in [0.15, 0.2) is 0 Å². The molecule has 1 aliphatic rings. The van der Waals surface area contributed by atoms with Crippen LogP contribution in [-0.4, -0.2) is 11.1 Å². The van der Waals surface area contributed by atoms with Gasteiger partial charge in [0.25, 0.3) is 0 Å². The lowest BCUT2D eigenvalue weighted by Crippen LogP contribution is -2.66. The molecule has 1 saturated heterocycles. The highest BCUT2D eigenvalue weighted by molar-refractivity contribution is 5.28. The van der Waals surface area contributed by atoms with E-state index in [2.05, 4.69) is 135 Å². The fraction of sp³-hybridized carbons (Fsp3) is 0.613. The Morgan fingerprint density at radius 3 is 1.22 bits per heavy atom. The summed E-state index contributed by atoms with van der Waals surface area (Å²) in [6.07, 6.45) is 1.22. The predicted octanol–water partition coefficient (Wildman–Crippen LogP) is 8.43. The van der Waals surface area contributed by atoms with Crippen molar-refractivity contribution in [2.24, 2.45) is 22.7 Å². The lowest BCUT2D eigenvalue weighted by Gasteiger charge is -2.59. The van der Waals surface area contributed by atoms with E-state index in [0.29, 0.717) is 23.7 Å². The van der Waals surface area contributed by atoms with Gasteiger partial charge < -0.3 is 5.32 Å². The first-order chi connectivity index (χ1) is 14.6. The molecule has 32 heavy (non-hydrogen) atoms. The number of benzene rings is 2. The second kappa shape index (κ2) is 8.64. The predicted molar refractivity (Wildman–Crippen MR) is 140 cm³/mol. The van der Waals surface area contributed by atoms with Crippen molar-refractivity contribution < 1.29 is 0 Å².